The predicted octanol–water partition coefficient (Wildman–Crippen LogP) is 2.98. The Morgan fingerprint density at radius 3 is 2.39 bits per heavy atom. The molecule has 0 aliphatic rings. The highest BCUT2D eigenvalue weighted by molar-refractivity contribution is 7.98. The van der Waals surface area contributed by atoms with Crippen LogP contribution in [0.1, 0.15) is 24.5 Å². The van der Waals surface area contributed by atoms with Crippen LogP contribution in [0.5, 0.6) is 11.5 Å². The van der Waals surface area contributed by atoms with Crippen molar-refractivity contribution in [2.75, 3.05) is 20.0 Å². The van der Waals surface area contributed by atoms with Gasteiger partial charge in [-0.2, -0.15) is 11.8 Å². The first-order chi connectivity index (χ1) is 8.62. The van der Waals surface area contributed by atoms with Gasteiger partial charge < -0.3 is 15.2 Å². The average molecular weight is 269 g/mol. The van der Waals surface area contributed by atoms with E-state index in [1.54, 1.807) is 14.2 Å². The maximum absolute atomic E-state index is 5.91. The lowest BCUT2D eigenvalue weighted by Crippen LogP contribution is -2.21. The summed E-state index contributed by atoms with van der Waals surface area (Å²) >= 11 is 1.86. The Hall–Kier alpha value is -0.870. The van der Waals surface area contributed by atoms with E-state index in [9.17, 15) is 0 Å². The van der Waals surface area contributed by atoms with E-state index in [4.69, 9.17) is 15.2 Å². The third-order valence-electron chi connectivity index (χ3n) is 2.96. The highest BCUT2D eigenvalue weighted by Gasteiger charge is 2.09. The number of thioether (sulfide) groups is 1. The minimum atomic E-state index is 0.287. The van der Waals surface area contributed by atoms with Gasteiger partial charge in [-0.25, -0.2) is 0 Å². The number of aryl methyl sites for hydroxylation is 1. The van der Waals surface area contributed by atoms with E-state index in [1.807, 2.05) is 17.8 Å². The lowest BCUT2D eigenvalue weighted by atomic mass is 10.1. The summed E-state index contributed by atoms with van der Waals surface area (Å²) in [7, 11) is 3.32. The van der Waals surface area contributed by atoms with Crippen LogP contribution in [0.2, 0.25) is 0 Å². The number of methoxy groups -OCH3 is 2. The van der Waals surface area contributed by atoms with Crippen molar-refractivity contribution in [1.82, 2.24) is 0 Å². The second-order valence-electron chi connectivity index (χ2n) is 4.32. The van der Waals surface area contributed by atoms with Crippen LogP contribution in [0.15, 0.2) is 12.1 Å². The molecule has 1 aromatic rings. The zero-order valence-corrected chi connectivity index (χ0v) is 12.5. The molecule has 1 aromatic carbocycles. The highest BCUT2D eigenvalue weighted by atomic mass is 32.2. The molecule has 102 valence electrons. The van der Waals surface area contributed by atoms with Gasteiger partial charge in [0.15, 0.2) is 11.5 Å². The fourth-order valence-electron chi connectivity index (χ4n) is 1.62. The molecule has 0 aromatic heterocycles. The van der Waals surface area contributed by atoms with Gasteiger partial charge in [-0.1, -0.05) is 6.92 Å². The van der Waals surface area contributed by atoms with E-state index in [2.05, 4.69) is 19.9 Å². The van der Waals surface area contributed by atoms with Gasteiger partial charge >= 0.3 is 0 Å². The topological polar surface area (TPSA) is 44.5 Å². The fourth-order valence-corrected chi connectivity index (χ4v) is 2.80. The molecule has 18 heavy (non-hydrogen) atoms. The molecule has 0 saturated carbocycles. The largest absolute Gasteiger partial charge is 0.493 e. The Bertz CT molecular complexity index is 382. The van der Waals surface area contributed by atoms with Crippen molar-refractivity contribution in [3.05, 3.63) is 23.3 Å². The van der Waals surface area contributed by atoms with Crippen LogP contribution in [0.25, 0.3) is 0 Å². The number of ether oxygens (including phenoxy) is 2. The van der Waals surface area contributed by atoms with Gasteiger partial charge in [-0.3, -0.25) is 0 Å². The van der Waals surface area contributed by atoms with Crippen LogP contribution in [0.4, 0.5) is 0 Å². The monoisotopic (exact) mass is 269 g/mol. The Balaban J connectivity index is 2.71. The third kappa shape index (κ3) is 4.10. The van der Waals surface area contributed by atoms with Crippen molar-refractivity contribution in [2.24, 2.45) is 5.73 Å². The maximum atomic E-state index is 5.91. The normalized spacial score (nSPS) is 12.3. The smallest absolute Gasteiger partial charge is 0.161 e. The molecule has 4 heteroatoms. The predicted molar refractivity (Wildman–Crippen MR) is 78.7 cm³/mol. The summed E-state index contributed by atoms with van der Waals surface area (Å²) in [5, 5.41) is 0. The van der Waals surface area contributed by atoms with Gasteiger partial charge in [0, 0.05) is 17.5 Å². The molecule has 2 N–H and O–H groups in total. The molecule has 1 atom stereocenters. The minimum Gasteiger partial charge on any atom is -0.493 e. The summed E-state index contributed by atoms with van der Waals surface area (Å²) in [4.78, 5) is 0. The van der Waals surface area contributed by atoms with E-state index in [0.29, 0.717) is 0 Å². The highest BCUT2D eigenvalue weighted by Crippen LogP contribution is 2.31. The number of nitrogens with two attached hydrogens (primary N) is 1. The zero-order valence-electron chi connectivity index (χ0n) is 11.7. The van der Waals surface area contributed by atoms with Crippen molar-refractivity contribution >= 4 is 11.8 Å². The summed E-state index contributed by atoms with van der Waals surface area (Å²) in [6.45, 7) is 4.21. The molecule has 0 saturated heterocycles. The molecule has 0 fully saturated rings. The van der Waals surface area contributed by atoms with Gasteiger partial charge in [0.1, 0.15) is 0 Å². The lowest BCUT2D eigenvalue weighted by Gasteiger charge is -2.13. The van der Waals surface area contributed by atoms with Crippen LogP contribution in [0.3, 0.4) is 0 Å². The van der Waals surface area contributed by atoms with Crippen molar-refractivity contribution in [3.8, 4) is 11.5 Å². The first-order valence-electron chi connectivity index (χ1n) is 6.17. The second kappa shape index (κ2) is 7.54. The molecule has 0 spiro atoms. The molecule has 0 heterocycles. The van der Waals surface area contributed by atoms with Crippen molar-refractivity contribution in [2.45, 2.75) is 32.1 Å². The first kappa shape index (κ1) is 15.2. The van der Waals surface area contributed by atoms with Crippen molar-refractivity contribution < 1.29 is 9.47 Å². The molecule has 3 nitrogen and oxygen atoms in total. The molecule has 0 amide bonds. The van der Waals surface area contributed by atoms with Crippen LogP contribution < -0.4 is 15.2 Å². The summed E-state index contributed by atoms with van der Waals surface area (Å²) in [5.74, 6) is 3.52. The summed E-state index contributed by atoms with van der Waals surface area (Å²) in [6.07, 6.45) is 1.03. The Kier molecular flexibility index (Phi) is 6.36. The first-order valence-corrected chi connectivity index (χ1v) is 7.32. The number of rotatable bonds is 7. The summed E-state index contributed by atoms with van der Waals surface area (Å²) < 4.78 is 10.6. The van der Waals surface area contributed by atoms with Crippen LogP contribution in [-0.4, -0.2) is 26.0 Å². The Morgan fingerprint density at radius 1 is 1.22 bits per heavy atom. The molecule has 0 aliphatic heterocycles. The van der Waals surface area contributed by atoms with E-state index in [-0.39, 0.29) is 6.04 Å². The second-order valence-corrected chi connectivity index (χ2v) is 5.35. The van der Waals surface area contributed by atoms with Crippen molar-refractivity contribution in [3.63, 3.8) is 0 Å². The number of hydrogen-bond acceptors (Lipinski definition) is 4. The lowest BCUT2D eigenvalue weighted by molar-refractivity contribution is 0.354. The molecular formula is C14H23NO2S. The molecule has 0 radical (unpaired) electrons. The number of benzene rings is 1. The van der Waals surface area contributed by atoms with E-state index in [0.717, 1.165) is 29.4 Å². The SMILES string of the molecule is CCC(N)CSCc1cc(OC)c(OC)cc1C. The Labute approximate surface area is 114 Å². The fraction of sp³-hybridized carbons (Fsp3) is 0.571. The van der Waals surface area contributed by atoms with Gasteiger partial charge in [-0.05, 0) is 36.6 Å². The quantitative estimate of drug-likeness (QED) is 0.826. The van der Waals surface area contributed by atoms with Crippen LogP contribution >= 0.6 is 11.8 Å². The maximum Gasteiger partial charge on any atom is 0.161 e. The van der Waals surface area contributed by atoms with Gasteiger partial charge in [-0.15, -0.1) is 0 Å². The molecular weight excluding hydrogens is 246 g/mol. The van der Waals surface area contributed by atoms with Gasteiger partial charge in [0.2, 0.25) is 0 Å². The zero-order chi connectivity index (χ0) is 13.5. The molecule has 1 unspecified atom stereocenters. The van der Waals surface area contributed by atoms with Crippen LogP contribution in [0, 0.1) is 6.92 Å². The van der Waals surface area contributed by atoms with E-state index >= 15 is 0 Å². The van der Waals surface area contributed by atoms with Gasteiger partial charge in [0.25, 0.3) is 0 Å². The minimum absolute atomic E-state index is 0.287. The number of hydrogen-bond donors (Lipinski definition) is 1. The summed E-state index contributed by atoms with van der Waals surface area (Å²) in [5.41, 5.74) is 8.42. The molecule has 0 bridgehead atoms. The molecule has 0 aliphatic carbocycles. The summed E-state index contributed by atoms with van der Waals surface area (Å²) in [6, 6.07) is 4.36. The van der Waals surface area contributed by atoms with Crippen LogP contribution in [-0.2, 0) is 5.75 Å². The standard InChI is InChI=1S/C14H23NO2S/c1-5-12(15)9-18-8-11-7-14(17-4)13(16-3)6-10(11)2/h6-7,12H,5,8-9,15H2,1-4H3. The third-order valence-corrected chi connectivity index (χ3v) is 4.13. The molecule has 1 rings (SSSR count). The van der Waals surface area contributed by atoms with Crippen molar-refractivity contribution in [1.29, 1.82) is 0 Å². The van der Waals surface area contributed by atoms with E-state index in [1.165, 1.54) is 11.1 Å². The Morgan fingerprint density at radius 2 is 1.83 bits per heavy atom. The average Bonchev–Trinajstić information content (AvgIpc) is 2.39. The van der Waals surface area contributed by atoms with E-state index < -0.39 is 0 Å². The van der Waals surface area contributed by atoms with Gasteiger partial charge in [0.05, 0.1) is 14.2 Å².